The highest BCUT2D eigenvalue weighted by Gasteiger charge is 2.14. The number of hydrogen-bond donors (Lipinski definition) is 3. The molecule has 148 valence electrons. The molecule has 1 aliphatic heterocycles. The number of rotatable bonds is 8. The van der Waals surface area contributed by atoms with Gasteiger partial charge in [-0.25, -0.2) is 0 Å². The summed E-state index contributed by atoms with van der Waals surface area (Å²) in [5.41, 5.74) is 8.55. The van der Waals surface area contributed by atoms with Crippen LogP contribution in [0.2, 0.25) is 0 Å². The molecule has 0 unspecified atom stereocenters. The molecule has 1 heterocycles. The minimum atomic E-state index is 0.0947. The first-order chi connectivity index (χ1) is 13.7. The first-order valence-corrected chi connectivity index (χ1v) is 9.99. The second-order valence-corrected chi connectivity index (χ2v) is 7.04. The molecule has 5 heteroatoms. The van der Waals surface area contributed by atoms with Crippen molar-refractivity contribution in [2.75, 3.05) is 31.1 Å². The molecule has 0 spiro atoms. The van der Waals surface area contributed by atoms with Gasteiger partial charge in [-0.15, -0.1) is 0 Å². The van der Waals surface area contributed by atoms with Crippen LogP contribution in [0.1, 0.15) is 30.9 Å². The molecule has 0 saturated carbocycles. The first-order valence-electron chi connectivity index (χ1n) is 9.99. The van der Waals surface area contributed by atoms with Gasteiger partial charge in [-0.2, -0.15) is 0 Å². The number of piperidine rings is 1. The topological polar surface area (TPSA) is 74.4 Å². The van der Waals surface area contributed by atoms with Gasteiger partial charge in [0.15, 0.2) is 0 Å². The molecule has 2 aromatic rings. The van der Waals surface area contributed by atoms with Crippen molar-refractivity contribution in [3.8, 4) is 5.75 Å². The van der Waals surface area contributed by atoms with Gasteiger partial charge in [0, 0.05) is 24.3 Å². The molecule has 28 heavy (non-hydrogen) atoms. The maximum Gasteiger partial charge on any atom is 0.122 e. The van der Waals surface area contributed by atoms with Crippen molar-refractivity contribution >= 4 is 17.6 Å². The molecule has 0 radical (unpaired) electrons. The summed E-state index contributed by atoms with van der Waals surface area (Å²) in [6, 6.07) is 16.1. The van der Waals surface area contributed by atoms with Gasteiger partial charge in [-0.05, 0) is 68.8 Å². The van der Waals surface area contributed by atoms with Crippen molar-refractivity contribution in [1.29, 1.82) is 5.41 Å². The third-order valence-corrected chi connectivity index (χ3v) is 5.01. The summed E-state index contributed by atoms with van der Waals surface area (Å²) in [6.45, 7) is 5.97. The van der Waals surface area contributed by atoms with E-state index in [1.165, 1.54) is 5.69 Å². The maximum absolute atomic E-state index is 7.55. The van der Waals surface area contributed by atoms with Crippen LogP contribution in [0, 0.1) is 5.41 Å². The molecule has 0 aromatic heterocycles. The van der Waals surface area contributed by atoms with Gasteiger partial charge in [-0.3, -0.25) is 5.41 Å². The van der Waals surface area contributed by atoms with Crippen molar-refractivity contribution in [3.63, 3.8) is 0 Å². The Bertz CT molecular complexity index is 795. The maximum atomic E-state index is 7.55. The smallest absolute Gasteiger partial charge is 0.122 e. The normalized spacial score (nSPS) is 14.9. The standard InChI is InChI=1S/C23H30N4O/c1-2-27(16-4-6-18-5-3-7-19(17-18)23(24)25)20-8-10-21(11-9-20)28-22-12-14-26-15-13-22/h3-11,17,22,26H,2,12-16H2,1H3,(H3,24,25). The lowest BCUT2D eigenvalue weighted by Crippen LogP contribution is -2.34. The van der Waals surface area contributed by atoms with E-state index in [4.69, 9.17) is 15.9 Å². The van der Waals surface area contributed by atoms with Gasteiger partial charge in [-0.1, -0.05) is 30.4 Å². The van der Waals surface area contributed by atoms with E-state index in [1.807, 2.05) is 24.3 Å². The number of ether oxygens (including phenoxy) is 1. The molecule has 3 rings (SSSR count). The van der Waals surface area contributed by atoms with E-state index in [9.17, 15) is 0 Å². The summed E-state index contributed by atoms with van der Waals surface area (Å²) in [7, 11) is 0. The van der Waals surface area contributed by atoms with Crippen LogP contribution in [0.15, 0.2) is 54.6 Å². The Morgan fingerprint density at radius 3 is 2.64 bits per heavy atom. The van der Waals surface area contributed by atoms with Crippen LogP contribution >= 0.6 is 0 Å². The first kappa shape index (κ1) is 20.0. The molecular weight excluding hydrogens is 348 g/mol. The quantitative estimate of drug-likeness (QED) is 0.484. The number of benzene rings is 2. The number of amidine groups is 1. The fourth-order valence-corrected chi connectivity index (χ4v) is 3.38. The highest BCUT2D eigenvalue weighted by atomic mass is 16.5. The highest BCUT2D eigenvalue weighted by molar-refractivity contribution is 5.95. The van der Waals surface area contributed by atoms with E-state index < -0.39 is 0 Å². The number of anilines is 1. The molecule has 5 nitrogen and oxygen atoms in total. The summed E-state index contributed by atoms with van der Waals surface area (Å²) < 4.78 is 6.09. The monoisotopic (exact) mass is 378 g/mol. The third kappa shape index (κ3) is 5.60. The van der Waals surface area contributed by atoms with Gasteiger partial charge >= 0.3 is 0 Å². The Morgan fingerprint density at radius 2 is 1.96 bits per heavy atom. The average Bonchev–Trinajstić information content (AvgIpc) is 2.73. The lowest BCUT2D eigenvalue weighted by atomic mass is 10.1. The van der Waals surface area contributed by atoms with Gasteiger partial charge in [0.2, 0.25) is 0 Å². The molecule has 0 atom stereocenters. The van der Waals surface area contributed by atoms with E-state index in [1.54, 1.807) is 0 Å². The molecule has 0 bridgehead atoms. The SMILES string of the molecule is CCN(CC=Cc1cccc(C(=N)N)c1)c1ccc(OC2CCNCC2)cc1. The predicted octanol–water partition coefficient (Wildman–Crippen LogP) is 3.64. The van der Waals surface area contributed by atoms with E-state index in [2.05, 4.69) is 53.6 Å². The number of nitrogens with one attached hydrogen (secondary N) is 2. The lowest BCUT2D eigenvalue weighted by Gasteiger charge is -2.25. The zero-order valence-corrected chi connectivity index (χ0v) is 16.5. The zero-order chi connectivity index (χ0) is 19.8. The van der Waals surface area contributed by atoms with Crippen molar-refractivity contribution in [3.05, 3.63) is 65.7 Å². The number of hydrogen-bond acceptors (Lipinski definition) is 4. The Balaban J connectivity index is 1.58. The number of nitrogen functional groups attached to an aromatic ring is 1. The minimum Gasteiger partial charge on any atom is -0.490 e. The van der Waals surface area contributed by atoms with Gasteiger partial charge in [0.25, 0.3) is 0 Å². The molecule has 1 saturated heterocycles. The van der Waals surface area contributed by atoms with Crippen LogP contribution in [-0.2, 0) is 0 Å². The molecule has 0 amide bonds. The van der Waals surface area contributed by atoms with Crippen LogP contribution in [0.5, 0.6) is 5.75 Å². The van der Waals surface area contributed by atoms with Crippen LogP contribution in [-0.4, -0.2) is 38.1 Å². The van der Waals surface area contributed by atoms with Crippen LogP contribution < -0.4 is 20.7 Å². The molecule has 1 aliphatic rings. The Kier molecular flexibility index (Phi) is 7.09. The number of likely N-dealkylation sites (N-methyl/N-ethyl adjacent to an activating group) is 1. The summed E-state index contributed by atoms with van der Waals surface area (Å²) in [5, 5.41) is 10.9. The van der Waals surface area contributed by atoms with E-state index in [-0.39, 0.29) is 5.84 Å². The third-order valence-electron chi connectivity index (χ3n) is 5.01. The number of nitrogens with two attached hydrogens (primary N) is 1. The zero-order valence-electron chi connectivity index (χ0n) is 16.5. The Labute approximate surface area is 167 Å². The van der Waals surface area contributed by atoms with Crippen molar-refractivity contribution in [2.24, 2.45) is 5.73 Å². The van der Waals surface area contributed by atoms with Crippen LogP contribution in [0.25, 0.3) is 6.08 Å². The largest absolute Gasteiger partial charge is 0.490 e. The second kappa shape index (κ2) is 9.95. The summed E-state index contributed by atoms with van der Waals surface area (Å²) in [6.07, 6.45) is 6.67. The Morgan fingerprint density at radius 1 is 1.21 bits per heavy atom. The van der Waals surface area contributed by atoms with Crippen molar-refractivity contribution in [1.82, 2.24) is 5.32 Å². The highest BCUT2D eigenvalue weighted by Crippen LogP contribution is 2.22. The Hall–Kier alpha value is -2.79. The predicted molar refractivity (Wildman–Crippen MR) is 117 cm³/mol. The number of nitrogens with zero attached hydrogens (tertiary/aromatic N) is 1. The van der Waals surface area contributed by atoms with Crippen molar-refractivity contribution < 1.29 is 4.74 Å². The van der Waals surface area contributed by atoms with E-state index in [0.29, 0.717) is 6.10 Å². The molecule has 4 N–H and O–H groups in total. The molecular formula is C23H30N4O. The van der Waals surface area contributed by atoms with Crippen LogP contribution in [0.3, 0.4) is 0 Å². The summed E-state index contributed by atoms with van der Waals surface area (Å²) in [4.78, 5) is 2.31. The van der Waals surface area contributed by atoms with Gasteiger partial charge in [0.05, 0.1) is 0 Å². The minimum absolute atomic E-state index is 0.0947. The fourth-order valence-electron chi connectivity index (χ4n) is 3.38. The fraction of sp³-hybridized carbons (Fsp3) is 0.348. The summed E-state index contributed by atoms with van der Waals surface area (Å²) in [5.74, 6) is 1.04. The van der Waals surface area contributed by atoms with Gasteiger partial charge in [0.1, 0.15) is 17.7 Å². The molecule has 2 aromatic carbocycles. The molecule has 0 aliphatic carbocycles. The van der Waals surface area contributed by atoms with Gasteiger partial charge < -0.3 is 20.7 Å². The van der Waals surface area contributed by atoms with E-state index in [0.717, 1.165) is 55.9 Å². The van der Waals surface area contributed by atoms with E-state index >= 15 is 0 Å². The van der Waals surface area contributed by atoms with Crippen LogP contribution in [0.4, 0.5) is 5.69 Å². The summed E-state index contributed by atoms with van der Waals surface area (Å²) >= 11 is 0. The van der Waals surface area contributed by atoms with Crippen molar-refractivity contribution in [2.45, 2.75) is 25.9 Å². The molecule has 1 fully saturated rings. The lowest BCUT2D eigenvalue weighted by molar-refractivity contribution is 0.162. The average molecular weight is 379 g/mol. The second-order valence-electron chi connectivity index (χ2n) is 7.04.